The van der Waals surface area contributed by atoms with Crippen LogP contribution in [-0.4, -0.2) is 30.8 Å². The van der Waals surface area contributed by atoms with Crippen LogP contribution >= 0.6 is 11.3 Å². The highest BCUT2D eigenvalue weighted by Crippen LogP contribution is 2.44. The number of ether oxygens (including phenoxy) is 1. The second-order valence-corrected chi connectivity index (χ2v) is 6.51. The van der Waals surface area contributed by atoms with Gasteiger partial charge in [0.1, 0.15) is 0 Å². The van der Waals surface area contributed by atoms with Crippen LogP contribution in [0.25, 0.3) is 0 Å². The Labute approximate surface area is 119 Å². The van der Waals surface area contributed by atoms with E-state index in [9.17, 15) is 0 Å². The summed E-state index contributed by atoms with van der Waals surface area (Å²) in [6.07, 6.45) is 5.32. The molecular weight excluding hydrogens is 258 g/mol. The first-order chi connectivity index (χ1) is 9.31. The third-order valence-corrected chi connectivity index (χ3v) is 5.07. The number of piperidine rings is 1. The van der Waals surface area contributed by atoms with Gasteiger partial charge >= 0.3 is 0 Å². The van der Waals surface area contributed by atoms with Gasteiger partial charge in [-0.1, -0.05) is 0 Å². The van der Waals surface area contributed by atoms with Crippen LogP contribution in [0.5, 0.6) is 0 Å². The zero-order valence-corrected chi connectivity index (χ0v) is 12.4. The minimum atomic E-state index is 0.369. The lowest BCUT2D eigenvalue weighted by Gasteiger charge is -2.32. The summed E-state index contributed by atoms with van der Waals surface area (Å²) in [6, 6.07) is 0. The Morgan fingerprint density at radius 2 is 2.26 bits per heavy atom. The lowest BCUT2D eigenvalue weighted by molar-refractivity contribution is 0.0526. The predicted molar refractivity (Wildman–Crippen MR) is 78.8 cm³/mol. The molecule has 19 heavy (non-hydrogen) atoms. The van der Waals surface area contributed by atoms with E-state index >= 15 is 0 Å². The minimum Gasteiger partial charge on any atom is -0.377 e. The second-order valence-electron chi connectivity index (χ2n) is 5.45. The van der Waals surface area contributed by atoms with Gasteiger partial charge in [0.2, 0.25) is 0 Å². The highest BCUT2D eigenvalue weighted by atomic mass is 32.1. The van der Waals surface area contributed by atoms with Gasteiger partial charge in [-0.2, -0.15) is 0 Å². The van der Waals surface area contributed by atoms with Crippen molar-refractivity contribution >= 4 is 16.5 Å². The van der Waals surface area contributed by atoms with Crippen LogP contribution in [0.1, 0.15) is 49.1 Å². The zero-order valence-electron chi connectivity index (χ0n) is 11.6. The third-order valence-electron chi connectivity index (χ3n) is 3.92. The van der Waals surface area contributed by atoms with E-state index in [1.807, 2.05) is 0 Å². The molecule has 4 nitrogen and oxygen atoms in total. The standard InChI is InChI=1S/C14H23N3OS/c1-2-18-11-4-3-7-17(9-11)14-16-13(10-5-6-10)12(8-15)19-14/h10-11H,2-9,15H2,1H3. The fraction of sp³-hybridized carbons (Fsp3) is 0.786. The molecule has 1 aliphatic carbocycles. The molecule has 106 valence electrons. The Balaban J connectivity index is 1.73. The van der Waals surface area contributed by atoms with Crippen LogP contribution in [0.15, 0.2) is 0 Å². The van der Waals surface area contributed by atoms with Crippen molar-refractivity contribution in [3.8, 4) is 0 Å². The summed E-state index contributed by atoms with van der Waals surface area (Å²) in [6.45, 7) is 5.59. The average molecular weight is 281 g/mol. The molecule has 2 aliphatic rings. The average Bonchev–Trinajstić information content (AvgIpc) is 3.18. The number of aromatic nitrogens is 1. The first-order valence-electron chi connectivity index (χ1n) is 7.38. The Morgan fingerprint density at radius 3 is 2.95 bits per heavy atom. The fourth-order valence-electron chi connectivity index (χ4n) is 2.79. The van der Waals surface area contributed by atoms with E-state index in [0.29, 0.717) is 18.6 Å². The van der Waals surface area contributed by atoms with E-state index < -0.39 is 0 Å². The molecule has 2 fully saturated rings. The molecule has 1 saturated heterocycles. The zero-order chi connectivity index (χ0) is 13.2. The summed E-state index contributed by atoms with van der Waals surface area (Å²) >= 11 is 1.79. The molecule has 3 rings (SSSR count). The van der Waals surface area contributed by atoms with Gasteiger partial charge in [-0.05, 0) is 32.6 Å². The topological polar surface area (TPSA) is 51.4 Å². The number of nitrogens with zero attached hydrogens (tertiary/aromatic N) is 2. The van der Waals surface area contributed by atoms with E-state index in [4.69, 9.17) is 15.5 Å². The molecule has 1 aromatic heterocycles. The van der Waals surface area contributed by atoms with Gasteiger partial charge in [0, 0.05) is 37.0 Å². The van der Waals surface area contributed by atoms with Crippen molar-refractivity contribution in [3.05, 3.63) is 10.6 Å². The number of rotatable bonds is 5. The van der Waals surface area contributed by atoms with E-state index in [1.165, 1.54) is 36.3 Å². The van der Waals surface area contributed by atoms with Gasteiger partial charge in [0.25, 0.3) is 0 Å². The van der Waals surface area contributed by atoms with Crippen LogP contribution in [0.2, 0.25) is 0 Å². The van der Waals surface area contributed by atoms with Crippen LogP contribution in [-0.2, 0) is 11.3 Å². The van der Waals surface area contributed by atoms with Crippen molar-refractivity contribution < 1.29 is 4.74 Å². The fourth-order valence-corrected chi connectivity index (χ4v) is 3.85. The normalized spacial score (nSPS) is 23.9. The SMILES string of the molecule is CCOC1CCCN(c2nc(C3CC3)c(CN)s2)C1. The number of nitrogens with two attached hydrogens (primary N) is 1. The van der Waals surface area contributed by atoms with E-state index in [0.717, 1.165) is 24.8 Å². The minimum absolute atomic E-state index is 0.369. The Bertz CT molecular complexity index is 428. The maximum absolute atomic E-state index is 5.86. The van der Waals surface area contributed by atoms with Gasteiger partial charge in [0.05, 0.1) is 11.8 Å². The summed E-state index contributed by atoms with van der Waals surface area (Å²) in [5, 5.41) is 1.16. The number of anilines is 1. The molecule has 0 amide bonds. The first-order valence-corrected chi connectivity index (χ1v) is 8.19. The Kier molecular flexibility index (Phi) is 4.05. The lowest BCUT2D eigenvalue weighted by atomic mass is 10.1. The molecule has 0 radical (unpaired) electrons. The molecule has 2 N–H and O–H groups in total. The van der Waals surface area contributed by atoms with Gasteiger partial charge < -0.3 is 15.4 Å². The Morgan fingerprint density at radius 1 is 1.42 bits per heavy atom. The molecule has 1 atom stereocenters. The quantitative estimate of drug-likeness (QED) is 0.901. The van der Waals surface area contributed by atoms with Crippen molar-refractivity contribution in [2.45, 2.75) is 51.2 Å². The molecule has 5 heteroatoms. The highest BCUT2D eigenvalue weighted by Gasteiger charge is 2.31. The molecule has 1 unspecified atom stereocenters. The molecule has 1 aliphatic heterocycles. The van der Waals surface area contributed by atoms with Gasteiger partial charge in [-0.3, -0.25) is 0 Å². The maximum Gasteiger partial charge on any atom is 0.185 e. The molecule has 0 bridgehead atoms. The summed E-state index contributed by atoms with van der Waals surface area (Å²) in [7, 11) is 0. The van der Waals surface area contributed by atoms with Crippen molar-refractivity contribution in [3.63, 3.8) is 0 Å². The number of hydrogen-bond donors (Lipinski definition) is 1. The van der Waals surface area contributed by atoms with E-state index in [1.54, 1.807) is 11.3 Å². The number of thiazole rings is 1. The molecular formula is C14H23N3OS. The summed E-state index contributed by atoms with van der Waals surface area (Å²) in [5.74, 6) is 0.691. The van der Waals surface area contributed by atoms with Crippen molar-refractivity contribution in [2.75, 3.05) is 24.6 Å². The molecule has 1 aromatic rings. The Hall–Kier alpha value is -0.650. The molecule has 1 saturated carbocycles. The van der Waals surface area contributed by atoms with Crippen LogP contribution in [0, 0.1) is 0 Å². The summed E-state index contributed by atoms with van der Waals surface area (Å²) in [5.41, 5.74) is 7.14. The summed E-state index contributed by atoms with van der Waals surface area (Å²) < 4.78 is 5.77. The van der Waals surface area contributed by atoms with Gasteiger partial charge in [-0.25, -0.2) is 4.98 Å². The van der Waals surface area contributed by atoms with Crippen LogP contribution in [0.4, 0.5) is 5.13 Å². The van der Waals surface area contributed by atoms with Gasteiger partial charge in [-0.15, -0.1) is 11.3 Å². The predicted octanol–water partition coefficient (Wildman–Crippen LogP) is 2.48. The van der Waals surface area contributed by atoms with Crippen molar-refractivity contribution in [1.82, 2.24) is 4.98 Å². The number of hydrogen-bond acceptors (Lipinski definition) is 5. The van der Waals surface area contributed by atoms with Crippen LogP contribution in [0.3, 0.4) is 0 Å². The molecule has 0 aromatic carbocycles. The lowest BCUT2D eigenvalue weighted by Crippen LogP contribution is -2.39. The second kappa shape index (κ2) is 5.77. The largest absolute Gasteiger partial charge is 0.377 e. The maximum atomic E-state index is 5.86. The highest BCUT2D eigenvalue weighted by molar-refractivity contribution is 7.15. The summed E-state index contributed by atoms with van der Waals surface area (Å²) in [4.78, 5) is 8.55. The van der Waals surface area contributed by atoms with Crippen molar-refractivity contribution in [1.29, 1.82) is 0 Å². The molecule has 0 spiro atoms. The third kappa shape index (κ3) is 2.93. The molecule has 2 heterocycles. The van der Waals surface area contributed by atoms with Gasteiger partial charge in [0.15, 0.2) is 5.13 Å². The monoisotopic (exact) mass is 281 g/mol. The smallest absolute Gasteiger partial charge is 0.185 e. The van der Waals surface area contributed by atoms with Crippen molar-refractivity contribution in [2.24, 2.45) is 5.73 Å². The van der Waals surface area contributed by atoms with E-state index in [-0.39, 0.29) is 0 Å². The van der Waals surface area contributed by atoms with Crippen LogP contribution < -0.4 is 10.6 Å². The van der Waals surface area contributed by atoms with E-state index in [2.05, 4.69) is 11.8 Å². The first kappa shape index (κ1) is 13.3.